The predicted octanol–water partition coefficient (Wildman–Crippen LogP) is 2.10. The van der Waals surface area contributed by atoms with E-state index >= 15 is 0 Å². The first-order valence-corrected chi connectivity index (χ1v) is 5.46. The average molecular weight is 220 g/mol. The average Bonchev–Trinajstić information content (AvgIpc) is 2.28. The zero-order valence-corrected chi connectivity index (χ0v) is 9.83. The van der Waals surface area contributed by atoms with Crippen molar-refractivity contribution in [3.8, 4) is 5.75 Å². The number of anilines is 1. The molecule has 1 N–H and O–H groups in total. The monoisotopic (exact) mass is 220 g/mol. The molecule has 1 aromatic heterocycles. The molecule has 1 aliphatic heterocycles. The van der Waals surface area contributed by atoms with E-state index in [0.29, 0.717) is 11.6 Å². The van der Waals surface area contributed by atoms with Gasteiger partial charge in [0.1, 0.15) is 0 Å². The lowest BCUT2D eigenvalue weighted by atomic mass is 9.83. The van der Waals surface area contributed by atoms with Gasteiger partial charge in [0, 0.05) is 6.20 Å². The standard InChI is InChI=1S/C12H16N2O2/c1-4-12(2,3)8-5-9-11(13-6-8)14-10(15)7-16-9/h5-6H,4,7H2,1-3H3,(H,13,14,15). The molecule has 0 unspecified atom stereocenters. The van der Waals surface area contributed by atoms with E-state index in [1.807, 2.05) is 6.07 Å². The highest BCUT2D eigenvalue weighted by Gasteiger charge is 2.23. The van der Waals surface area contributed by atoms with Gasteiger partial charge >= 0.3 is 0 Å². The van der Waals surface area contributed by atoms with Crippen molar-refractivity contribution in [2.75, 3.05) is 11.9 Å². The number of nitrogens with zero attached hydrogens (tertiary/aromatic N) is 1. The van der Waals surface area contributed by atoms with Crippen LogP contribution in [0.1, 0.15) is 32.8 Å². The largest absolute Gasteiger partial charge is 0.480 e. The van der Waals surface area contributed by atoms with Gasteiger partial charge in [-0.25, -0.2) is 4.98 Å². The zero-order valence-electron chi connectivity index (χ0n) is 9.83. The third kappa shape index (κ3) is 1.87. The fraction of sp³-hybridized carbons (Fsp3) is 0.500. The van der Waals surface area contributed by atoms with Crippen molar-refractivity contribution in [1.29, 1.82) is 0 Å². The van der Waals surface area contributed by atoms with Crippen molar-refractivity contribution in [2.45, 2.75) is 32.6 Å². The molecule has 0 aromatic carbocycles. The van der Waals surface area contributed by atoms with E-state index in [9.17, 15) is 4.79 Å². The number of nitrogens with one attached hydrogen (secondary N) is 1. The van der Waals surface area contributed by atoms with Crippen molar-refractivity contribution in [3.05, 3.63) is 17.8 Å². The summed E-state index contributed by atoms with van der Waals surface area (Å²) in [5, 5.41) is 2.68. The fourth-order valence-corrected chi connectivity index (χ4v) is 1.53. The lowest BCUT2D eigenvalue weighted by Crippen LogP contribution is -2.27. The molecule has 2 heterocycles. The second kappa shape index (κ2) is 3.77. The molecule has 0 saturated heterocycles. The molecule has 0 aliphatic carbocycles. The molecular weight excluding hydrogens is 204 g/mol. The number of fused-ring (bicyclic) bond motifs is 1. The first kappa shape index (κ1) is 10.9. The van der Waals surface area contributed by atoms with E-state index in [1.54, 1.807) is 6.20 Å². The number of carbonyl (C=O) groups excluding carboxylic acids is 1. The molecule has 1 aliphatic rings. The molecule has 0 spiro atoms. The molecule has 86 valence electrons. The maximum atomic E-state index is 11.1. The van der Waals surface area contributed by atoms with E-state index in [1.165, 1.54) is 0 Å². The Kier molecular flexibility index (Phi) is 2.58. The third-order valence-electron chi connectivity index (χ3n) is 3.13. The van der Waals surface area contributed by atoms with Crippen LogP contribution in [0, 0.1) is 0 Å². The summed E-state index contributed by atoms with van der Waals surface area (Å²) >= 11 is 0. The van der Waals surface area contributed by atoms with Gasteiger partial charge < -0.3 is 10.1 Å². The van der Waals surface area contributed by atoms with Crippen molar-refractivity contribution in [1.82, 2.24) is 4.98 Å². The quantitative estimate of drug-likeness (QED) is 0.830. The molecule has 0 atom stereocenters. The highest BCUT2D eigenvalue weighted by Crippen LogP contribution is 2.33. The van der Waals surface area contributed by atoms with Crippen LogP contribution >= 0.6 is 0 Å². The van der Waals surface area contributed by atoms with Crippen molar-refractivity contribution in [3.63, 3.8) is 0 Å². The van der Waals surface area contributed by atoms with Gasteiger partial charge in [-0.3, -0.25) is 4.79 Å². The minimum Gasteiger partial charge on any atom is -0.480 e. The topological polar surface area (TPSA) is 51.2 Å². The Morgan fingerprint density at radius 3 is 3.00 bits per heavy atom. The summed E-state index contributed by atoms with van der Waals surface area (Å²) in [4.78, 5) is 15.3. The minimum absolute atomic E-state index is 0.0741. The molecular formula is C12H16N2O2. The molecule has 4 heteroatoms. The summed E-state index contributed by atoms with van der Waals surface area (Å²) in [6.07, 6.45) is 2.83. The molecule has 1 amide bonds. The van der Waals surface area contributed by atoms with Crippen LogP contribution < -0.4 is 10.1 Å². The van der Waals surface area contributed by atoms with Crippen LogP contribution in [-0.4, -0.2) is 17.5 Å². The van der Waals surface area contributed by atoms with Crippen molar-refractivity contribution < 1.29 is 9.53 Å². The van der Waals surface area contributed by atoms with E-state index < -0.39 is 0 Å². The van der Waals surface area contributed by atoms with Gasteiger partial charge in [0.15, 0.2) is 18.2 Å². The van der Waals surface area contributed by atoms with Crippen LogP contribution in [-0.2, 0) is 10.2 Å². The van der Waals surface area contributed by atoms with Gasteiger partial charge in [-0.1, -0.05) is 20.8 Å². The first-order valence-electron chi connectivity index (χ1n) is 5.46. The summed E-state index contributed by atoms with van der Waals surface area (Å²) in [6, 6.07) is 1.96. The Balaban J connectivity index is 2.36. The molecule has 0 bridgehead atoms. The van der Waals surface area contributed by atoms with Crippen LogP contribution in [0.4, 0.5) is 5.82 Å². The second-order valence-corrected chi connectivity index (χ2v) is 4.65. The van der Waals surface area contributed by atoms with E-state index in [2.05, 4.69) is 31.1 Å². The highest BCUT2D eigenvalue weighted by molar-refractivity contribution is 5.94. The molecule has 1 aromatic rings. The van der Waals surface area contributed by atoms with Crippen LogP contribution in [0.15, 0.2) is 12.3 Å². The van der Waals surface area contributed by atoms with E-state index in [-0.39, 0.29) is 17.9 Å². The van der Waals surface area contributed by atoms with E-state index in [4.69, 9.17) is 4.74 Å². The Morgan fingerprint density at radius 1 is 1.56 bits per heavy atom. The Hall–Kier alpha value is -1.58. The Morgan fingerprint density at radius 2 is 2.31 bits per heavy atom. The number of carbonyl (C=O) groups is 1. The lowest BCUT2D eigenvalue weighted by molar-refractivity contribution is -0.118. The predicted molar refractivity (Wildman–Crippen MR) is 61.7 cm³/mol. The maximum absolute atomic E-state index is 11.1. The lowest BCUT2D eigenvalue weighted by Gasteiger charge is -2.25. The smallest absolute Gasteiger partial charge is 0.263 e. The highest BCUT2D eigenvalue weighted by atomic mass is 16.5. The molecule has 2 rings (SSSR count). The van der Waals surface area contributed by atoms with Crippen molar-refractivity contribution in [2.24, 2.45) is 0 Å². The van der Waals surface area contributed by atoms with Gasteiger partial charge in [-0.15, -0.1) is 0 Å². The van der Waals surface area contributed by atoms with Gasteiger partial charge in [0.25, 0.3) is 5.91 Å². The number of hydrogen-bond donors (Lipinski definition) is 1. The molecule has 0 fully saturated rings. The summed E-state index contributed by atoms with van der Waals surface area (Å²) in [6.45, 7) is 6.54. The first-order chi connectivity index (χ1) is 7.53. The summed E-state index contributed by atoms with van der Waals surface area (Å²) in [5.41, 5.74) is 1.21. The maximum Gasteiger partial charge on any atom is 0.263 e. The number of amides is 1. The van der Waals surface area contributed by atoms with Crippen LogP contribution in [0.25, 0.3) is 0 Å². The number of ether oxygens (including phenoxy) is 1. The normalized spacial score (nSPS) is 15.1. The minimum atomic E-state index is -0.150. The summed E-state index contributed by atoms with van der Waals surface area (Å²) in [7, 11) is 0. The van der Waals surface area contributed by atoms with Gasteiger partial charge in [0.05, 0.1) is 0 Å². The SMILES string of the molecule is CCC(C)(C)c1cnc2c(c1)OCC(=O)N2. The van der Waals surface area contributed by atoms with Gasteiger partial charge in [-0.05, 0) is 23.5 Å². The van der Waals surface area contributed by atoms with Gasteiger partial charge in [-0.2, -0.15) is 0 Å². The Labute approximate surface area is 95.0 Å². The second-order valence-electron chi connectivity index (χ2n) is 4.65. The van der Waals surface area contributed by atoms with Crippen LogP contribution in [0.3, 0.4) is 0 Å². The number of pyridine rings is 1. The van der Waals surface area contributed by atoms with E-state index in [0.717, 1.165) is 12.0 Å². The molecule has 0 saturated carbocycles. The summed E-state index contributed by atoms with van der Waals surface area (Å²) < 4.78 is 5.34. The van der Waals surface area contributed by atoms with Crippen LogP contribution in [0.2, 0.25) is 0 Å². The zero-order chi connectivity index (χ0) is 11.8. The number of rotatable bonds is 2. The molecule has 0 radical (unpaired) electrons. The summed E-state index contributed by atoms with van der Waals surface area (Å²) in [5.74, 6) is 1.04. The number of aromatic nitrogens is 1. The molecule has 4 nitrogen and oxygen atoms in total. The fourth-order valence-electron chi connectivity index (χ4n) is 1.53. The van der Waals surface area contributed by atoms with Crippen molar-refractivity contribution >= 4 is 11.7 Å². The number of hydrogen-bond acceptors (Lipinski definition) is 3. The molecule has 16 heavy (non-hydrogen) atoms. The Bertz CT molecular complexity index is 427. The third-order valence-corrected chi connectivity index (χ3v) is 3.13. The van der Waals surface area contributed by atoms with Crippen LogP contribution in [0.5, 0.6) is 5.75 Å². The van der Waals surface area contributed by atoms with Gasteiger partial charge in [0.2, 0.25) is 0 Å².